The van der Waals surface area contributed by atoms with Gasteiger partial charge in [-0.15, -0.1) is 0 Å². The monoisotopic (exact) mass is 415 g/mol. The van der Waals surface area contributed by atoms with Crippen molar-refractivity contribution in [3.63, 3.8) is 0 Å². The van der Waals surface area contributed by atoms with Gasteiger partial charge in [-0.05, 0) is 80.7 Å². The van der Waals surface area contributed by atoms with E-state index >= 15 is 0 Å². The predicted molar refractivity (Wildman–Crippen MR) is 115 cm³/mol. The topological polar surface area (TPSA) is 34.2 Å². The Labute approximate surface area is 175 Å². The molecule has 0 spiro atoms. The molecule has 2 heterocycles. The summed E-state index contributed by atoms with van der Waals surface area (Å²) >= 11 is 0. The van der Waals surface area contributed by atoms with E-state index in [0.29, 0.717) is 12.5 Å². The van der Waals surface area contributed by atoms with Gasteiger partial charge < -0.3 is 15.2 Å². The molecule has 3 aromatic rings. The Kier molecular flexibility index (Phi) is 6.16. The van der Waals surface area contributed by atoms with Crippen LogP contribution in [0.15, 0.2) is 54.7 Å². The van der Waals surface area contributed by atoms with Crippen LogP contribution < -0.4 is 5.73 Å². The first-order valence-corrected chi connectivity index (χ1v) is 10.6. The molecule has 1 aliphatic heterocycles. The molecule has 1 fully saturated rings. The van der Waals surface area contributed by atoms with E-state index in [0.717, 1.165) is 56.5 Å². The van der Waals surface area contributed by atoms with E-state index < -0.39 is 11.7 Å². The molecule has 2 aromatic carbocycles. The van der Waals surface area contributed by atoms with Gasteiger partial charge in [0.2, 0.25) is 0 Å². The summed E-state index contributed by atoms with van der Waals surface area (Å²) in [5, 5.41) is 1.25. The average molecular weight is 416 g/mol. The van der Waals surface area contributed by atoms with Gasteiger partial charge in [-0.1, -0.05) is 30.3 Å². The zero-order chi connectivity index (χ0) is 21.1. The summed E-state index contributed by atoms with van der Waals surface area (Å²) in [6, 6.07) is 13.8. The van der Waals surface area contributed by atoms with Gasteiger partial charge in [-0.2, -0.15) is 13.2 Å². The number of para-hydroxylation sites is 1. The average Bonchev–Trinajstić information content (AvgIpc) is 3.11. The molecular formula is C24H28F3N3. The molecule has 0 aliphatic carbocycles. The maximum atomic E-state index is 12.8. The van der Waals surface area contributed by atoms with Crippen LogP contribution in [-0.4, -0.2) is 35.6 Å². The van der Waals surface area contributed by atoms with E-state index in [1.807, 2.05) is 6.07 Å². The van der Waals surface area contributed by atoms with Crippen LogP contribution >= 0.6 is 0 Å². The molecule has 3 nitrogen and oxygen atoms in total. The summed E-state index contributed by atoms with van der Waals surface area (Å²) in [6.07, 6.45) is 1.20. The van der Waals surface area contributed by atoms with E-state index in [9.17, 15) is 13.2 Å². The number of benzene rings is 2. The molecular weight excluding hydrogens is 387 g/mol. The number of fused-ring (bicyclic) bond motifs is 1. The number of hydrogen-bond acceptors (Lipinski definition) is 2. The Morgan fingerprint density at radius 2 is 1.67 bits per heavy atom. The third-order valence-corrected chi connectivity index (χ3v) is 6.16. The Balaban J connectivity index is 1.54. The van der Waals surface area contributed by atoms with Crippen molar-refractivity contribution in [1.82, 2.24) is 9.47 Å². The zero-order valence-electron chi connectivity index (χ0n) is 17.0. The third-order valence-electron chi connectivity index (χ3n) is 6.16. The van der Waals surface area contributed by atoms with Gasteiger partial charge in [0.25, 0.3) is 0 Å². The lowest BCUT2D eigenvalue weighted by molar-refractivity contribution is -0.137. The number of nitrogens with zero attached hydrogens (tertiary/aromatic N) is 2. The zero-order valence-corrected chi connectivity index (χ0v) is 17.0. The second kappa shape index (κ2) is 8.82. The van der Waals surface area contributed by atoms with Crippen molar-refractivity contribution in [2.24, 2.45) is 5.73 Å². The fraction of sp³-hybridized carbons (Fsp3) is 0.417. The number of nitrogens with two attached hydrogens (primary N) is 1. The van der Waals surface area contributed by atoms with Crippen molar-refractivity contribution < 1.29 is 13.2 Å². The van der Waals surface area contributed by atoms with E-state index in [1.165, 1.54) is 23.1 Å². The molecule has 30 heavy (non-hydrogen) atoms. The second-order valence-corrected chi connectivity index (χ2v) is 8.18. The number of likely N-dealkylation sites (tertiary alicyclic amines) is 1. The number of alkyl halides is 3. The van der Waals surface area contributed by atoms with E-state index in [-0.39, 0.29) is 0 Å². The largest absolute Gasteiger partial charge is 0.416 e. The minimum absolute atomic E-state index is 0.512. The van der Waals surface area contributed by atoms with E-state index in [4.69, 9.17) is 5.73 Å². The van der Waals surface area contributed by atoms with E-state index in [2.05, 4.69) is 33.9 Å². The van der Waals surface area contributed by atoms with Gasteiger partial charge in [0.1, 0.15) is 0 Å². The SMILES string of the molecule is NCCCN1CCC(c2cn(Cc3ccc(C(F)(F)F)cc3)c3ccccc23)CC1. The highest BCUT2D eigenvalue weighted by atomic mass is 19.4. The summed E-state index contributed by atoms with van der Waals surface area (Å²) in [6.45, 7) is 4.54. The van der Waals surface area contributed by atoms with Gasteiger partial charge in [0, 0.05) is 23.6 Å². The molecule has 0 radical (unpaired) electrons. The lowest BCUT2D eigenvalue weighted by atomic mass is 9.89. The fourth-order valence-electron chi connectivity index (χ4n) is 4.51. The van der Waals surface area contributed by atoms with Crippen LogP contribution in [0.1, 0.15) is 41.9 Å². The second-order valence-electron chi connectivity index (χ2n) is 8.18. The van der Waals surface area contributed by atoms with Crippen LogP contribution in [0.25, 0.3) is 10.9 Å². The predicted octanol–water partition coefficient (Wildman–Crippen LogP) is 5.24. The van der Waals surface area contributed by atoms with Gasteiger partial charge in [-0.3, -0.25) is 0 Å². The highest BCUT2D eigenvalue weighted by molar-refractivity contribution is 5.84. The van der Waals surface area contributed by atoms with Crippen molar-refractivity contribution in [3.8, 4) is 0 Å². The van der Waals surface area contributed by atoms with Gasteiger partial charge in [0.15, 0.2) is 0 Å². The van der Waals surface area contributed by atoms with Crippen molar-refractivity contribution >= 4 is 10.9 Å². The maximum absolute atomic E-state index is 12.8. The third kappa shape index (κ3) is 4.55. The Morgan fingerprint density at radius 3 is 2.33 bits per heavy atom. The van der Waals surface area contributed by atoms with Crippen LogP contribution in [-0.2, 0) is 12.7 Å². The summed E-state index contributed by atoms with van der Waals surface area (Å²) in [4.78, 5) is 2.49. The molecule has 0 amide bonds. The van der Waals surface area contributed by atoms with Crippen molar-refractivity contribution in [2.45, 2.75) is 37.9 Å². The molecule has 0 saturated carbocycles. The van der Waals surface area contributed by atoms with Crippen molar-refractivity contribution in [3.05, 3.63) is 71.4 Å². The highest BCUT2D eigenvalue weighted by Crippen LogP contribution is 2.35. The van der Waals surface area contributed by atoms with Crippen LogP contribution in [0, 0.1) is 0 Å². The van der Waals surface area contributed by atoms with E-state index in [1.54, 1.807) is 12.1 Å². The van der Waals surface area contributed by atoms with Gasteiger partial charge >= 0.3 is 6.18 Å². The molecule has 1 aromatic heterocycles. The molecule has 1 aliphatic rings. The fourth-order valence-corrected chi connectivity index (χ4v) is 4.51. The summed E-state index contributed by atoms with van der Waals surface area (Å²) < 4.78 is 40.7. The minimum Gasteiger partial charge on any atom is -0.343 e. The van der Waals surface area contributed by atoms with Crippen molar-refractivity contribution in [1.29, 1.82) is 0 Å². The number of rotatable bonds is 6. The first-order valence-electron chi connectivity index (χ1n) is 10.6. The first kappa shape index (κ1) is 20.9. The molecule has 160 valence electrons. The molecule has 0 atom stereocenters. The lowest BCUT2D eigenvalue weighted by Gasteiger charge is -2.31. The molecule has 2 N–H and O–H groups in total. The molecule has 6 heteroatoms. The lowest BCUT2D eigenvalue weighted by Crippen LogP contribution is -2.34. The van der Waals surface area contributed by atoms with Crippen LogP contribution in [0.5, 0.6) is 0 Å². The van der Waals surface area contributed by atoms with Crippen LogP contribution in [0.4, 0.5) is 13.2 Å². The number of piperidine rings is 1. The minimum atomic E-state index is -4.30. The van der Waals surface area contributed by atoms with Crippen molar-refractivity contribution in [2.75, 3.05) is 26.2 Å². The Bertz CT molecular complexity index is 968. The molecule has 0 bridgehead atoms. The summed E-state index contributed by atoms with van der Waals surface area (Å²) in [5.41, 5.74) is 8.39. The van der Waals surface area contributed by atoms with Crippen LogP contribution in [0.3, 0.4) is 0 Å². The smallest absolute Gasteiger partial charge is 0.343 e. The maximum Gasteiger partial charge on any atom is 0.416 e. The normalized spacial score (nSPS) is 16.4. The first-order chi connectivity index (χ1) is 14.5. The highest BCUT2D eigenvalue weighted by Gasteiger charge is 2.30. The van der Waals surface area contributed by atoms with Gasteiger partial charge in [0.05, 0.1) is 5.56 Å². The molecule has 1 saturated heterocycles. The Morgan fingerprint density at radius 1 is 0.967 bits per heavy atom. The standard InChI is InChI=1S/C24H28F3N3/c25-24(26,27)20-8-6-18(7-9-20)16-30-17-22(21-4-1-2-5-23(21)30)19-10-14-29(15-11-19)13-3-12-28/h1-2,4-9,17,19H,3,10-16,28H2. The number of aromatic nitrogens is 1. The van der Waals surface area contributed by atoms with Crippen LogP contribution in [0.2, 0.25) is 0 Å². The van der Waals surface area contributed by atoms with Gasteiger partial charge in [-0.25, -0.2) is 0 Å². The number of hydrogen-bond donors (Lipinski definition) is 1. The summed E-state index contributed by atoms with van der Waals surface area (Å²) in [7, 11) is 0. The Hall–Kier alpha value is -2.31. The molecule has 4 rings (SSSR count). The summed E-state index contributed by atoms with van der Waals surface area (Å²) in [5.74, 6) is 0.512. The quantitative estimate of drug-likeness (QED) is 0.598. The number of halogens is 3. The molecule has 0 unspecified atom stereocenters.